The Kier molecular flexibility index (Phi) is 8.05. The highest BCUT2D eigenvalue weighted by Crippen LogP contribution is 2.00. The Morgan fingerprint density at radius 2 is 2.08 bits per heavy atom. The number of rotatable bonds is 7. The fourth-order valence-electron chi connectivity index (χ4n) is 0.846. The summed E-state index contributed by atoms with van der Waals surface area (Å²) in [7, 11) is 0. The monoisotopic (exact) mass is 176 g/mol. The zero-order chi connectivity index (χ0) is 9.23. The van der Waals surface area contributed by atoms with Gasteiger partial charge in [0.05, 0.1) is 13.2 Å². The predicted octanol–water partition coefficient (Wildman–Crippen LogP) is 1.60. The Balaban J connectivity index is 3.03. The minimum atomic E-state index is -0.151. The number of ether oxygens (including phenoxy) is 1. The molecule has 0 heterocycles. The molecule has 0 saturated heterocycles. The number of unbranched alkanes of at least 4 members (excludes halogenated alkanes) is 2. The lowest BCUT2D eigenvalue weighted by atomic mass is 10.2. The second-order valence-electron chi connectivity index (χ2n) is 2.45. The number of hydrogen-bond donors (Lipinski definition) is 1. The van der Waals surface area contributed by atoms with Crippen molar-refractivity contribution in [3.8, 4) is 0 Å². The summed E-state index contributed by atoms with van der Waals surface area (Å²) in [5.41, 5.74) is 0. The molecule has 0 atom stereocenters. The van der Waals surface area contributed by atoms with E-state index in [0.29, 0.717) is 19.6 Å². The minimum Gasteiger partial charge on any atom is -0.466 e. The number of carbonyl (C=O) groups is 1. The van der Waals surface area contributed by atoms with Crippen LogP contribution in [0.5, 0.6) is 0 Å². The molecule has 4 nitrogen and oxygen atoms in total. The van der Waals surface area contributed by atoms with E-state index in [1.807, 2.05) is 0 Å². The highest BCUT2D eigenvalue weighted by molar-refractivity contribution is 5.69. The van der Waals surface area contributed by atoms with Gasteiger partial charge in [-0.15, -0.1) is 0 Å². The first-order valence-corrected chi connectivity index (χ1v) is 4.23. The Morgan fingerprint density at radius 3 is 2.67 bits per heavy atom. The molecule has 0 aromatic heterocycles. The molecule has 0 aliphatic heterocycles. The first-order chi connectivity index (χ1) is 5.81. The van der Waals surface area contributed by atoms with Gasteiger partial charge in [0, 0.05) is 6.42 Å². The molecular formula is C8H16O4. The van der Waals surface area contributed by atoms with Crippen molar-refractivity contribution < 1.29 is 19.7 Å². The number of hydrogen-bond acceptors (Lipinski definition) is 4. The van der Waals surface area contributed by atoms with Crippen molar-refractivity contribution in [2.75, 3.05) is 13.2 Å². The van der Waals surface area contributed by atoms with Crippen LogP contribution in [-0.4, -0.2) is 24.4 Å². The molecule has 0 fully saturated rings. The van der Waals surface area contributed by atoms with Gasteiger partial charge < -0.3 is 4.74 Å². The van der Waals surface area contributed by atoms with Crippen LogP contribution in [0.15, 0.2) is 0 Å². The molecule has 0 rings (SSSR count). The summed E-state index contributed by atoms with van der Waals surface area (Å²) in [6.07, 6.45) is 2.90. The average Bonchev–Trinajstić information content (AvgIpc) is 2.05. The van der Waals surface area contributed by atoms with E-state index in [1.165, 1.54) is 0 Å². The van der Waals surface area contributed by atoms with E-state index < -0.39 is 0 Å². The van der Waals surface area contributed by atoms with E-state index in [0.717, 1.165) is 19.3 Å². The summed E-state index contributed by atoms with van der Waals surface area (Å²) in [5.74, 6) is -0.151. The van der Waals surface area contributed by atoms with Crippen LogP contribution in [0.25, 0.3) is 0 Å². The summed E-state index contributed by atoms with van der Waals surface area (Å²) in [5, 5.41) is 7.97. The second kappa shape index (κ2) is 8.49. The van der Waals surface area contributed by atoms with Crippen LogP contribution < -0.4 is 0 Å². The quantitative estimate of drug-likeness (QED) is 0.277. The second-order valence-corrected chi connectivity index (χ2v) is 2.45. The molecule has 1 N–H and O–H groups in total. The molecule has 4 heteroatoms. The van der Waals surface area contributed by atoms with Crippen LogP contribution in [0.3, 0.4) is 0 Å². The van der Waals surface area contributed by atoms with Crippen LogP contribution in [0.4, 0.5) is 0 Å². The van der Waals surface area contributed by atoms with Gasteiger partial charge in [-0.2, -0.15) is 0 Å². The molecule has 12 heavy (non-hydrogen) atoms. The molecular weight excluding hydrogens is 160 g/mol. The van der Waals surface area contributed by atoms with Crippen molar-refractivity contribution in [1.82, 2.24) is 0 Å². The first-order valence-electron chi connectivity index (χ1n) is 4.23. The van der Waals surface area contributed by atoms with E-state index in [1.54, 1.807) is 6.92 Å². The zero-order valence-electron chi connectivity index (χ0n) is 7.41. The molecule has 0 spiro atoms. The molecule has 0 aromatic rings. The van der Waals surface area contributed by atoms with Crippen molar-refractivity contribution in [2.45, 2.75) is 32.6 Å². The normalized spacial score (nSPS) is 9.83. The minimum absolute atomic E-state index is 0.151. The summed E-state index contributed by atoms with van der Waals surface area (Å²) >= 11 is 0. The summed E-state index contributed by atoms with van der Waals surface area (Å²) in [4.78, 5) is 14.7. The first kappa shape index (κ1) is 11.4. The number of carbonyl (C=O) groups excluding carboxylic acids is 1. The molecule has 0 aromatic carbocycles. The predicted molar refractivity (Wildman–Crippen MR) is 43.7 cm³/mol. The molecule has 0 aliphatic carbocycles. The maximum Gasteiger partial charge on any atom is 0.305 e. The van der Waals surface area contributed by atoms with Gasteiger partial charge in [-0.1, -0.05) is 6.42 Å². The van der Waals surface area contributed by atoms with E-state index in [4.69, 9.17) is 9.99 Å². The fraction of sp³-hybridized carbons (Fsp3) is 0.875. The van der Waals surface area contributed by atoms with Gasteiger partial charge >= 0.3 is 5.97 Å². The Bertz CT molecular complexity index is 114. The Hall–Kier alpha value is -0.610. The van der Waals surface area contributed by atoms with Crippen LogP contribution in [-0.2, 0) is 14.4 Å². The molecule has 0 amide bonds. The molecule has 0 unspecified atom stereocenters. The summed E-state index contributed by atoms with van der Waals surface area (Å²) < 4.78 is 4.73. The van der Waals surface area contributed by atoms with E-state index >= 15 is 0 Å². The highest BCUT2D eigenvalue weighted by Gasteiger charge is 1.99. The lowest BCUT2D eigenvalue weighted by Gasteiger charge is -2.00. The lowest BCUT2D eigenvalue weighted by molar-refractivity contribution is -0.242. The van der Waals surface area contributed by atoms with Gasteiger partial charge in [0.25, 0.3) is 0 Å². The van der Waals surface area contributed by atoms with Crippen molar-refractivity contribution in [1.29, 1.82) is 0 Å². The lowest BCUT2D eigenvalue weighted by Crippen LogP contribution is -2.03. The van der Waals surface area contributed by atoms with Crippen LogP contribution in [0.1, 0.15) is 32.6 Å². The largest absolute Gasteiger partial charge is 0.466 e. The highest BCUT2D eigenvalue weighted by atomic mass is 17.1. The molecule has 0 radical (unpaired) electrons. The van der Waals surface area contributed by atoms with Gasteiger partial charge in [-0.25, -0.2) is 4.89 Å². The topological polar surface area (TPSA) is 55.8 Å². The average molecular weight is 176 g/mol. The standard InChI is InChI=1S/C8H16O4/c1-2-11-8(9)6-4-3-5-7-12-10/h10H,2-7H2,1H3. The van der Waals surface area contributed by atoms with Crippen molar-refractivity contribution in [2.24, 2.45) is 0 Å². The Morgan fingerprint density at radius 1 is 1.33 bits per heavy atom. The van der Waals surface area contributed by atoms with Gasteiger partial charge in [-0.3, -0.25) is 10.1 Å². The van der Waals surface area contributed by atoms with Crippen LogP contribution >= 0.6 is 0 Å². The van der Waals surface area contributed by atoms with Crippen LogP contribution in [0, 0.1) is 0 Å². The molecule has 0 bridgehead atoms. The Labute approximate surface area is 72.4 Å². The van der Waals surface area contributed by atoms with Gasteiger partial charge in [0.1, 0.15) is 0 Å². The van der Waals surface area contributed by atoms with Crippen molar-refractivity contribution in [3.63, 3.8) is 0 Å². The van der Waals surface area contributed by atoms with Crippen molar-refractivity contribution in [3.05, 3.63) is 0 Å². The summed E-state index contributed by atoms with van der Waals surface area (Å²) in [6.45, 7) is 2.57. The fourth-order valence-corrected chi connectivity index (χ4v) is 0.846. The number of esters is 1. The van der Waals surface area contributed by atoms with Crippen molar-refractivity contribution >= 4 is 5.97 Å². The molecule has 72 valence electrons. The van der Waals surface area contributed by atoms with Gasteiger partial charge in [0.15, 0.2) is 0 Å². The maximum atomic E-state index is 10.8. The maximum absolute atomic E-state index is 10.8. The summed E-state index contributed by atoms with van der Waals surface area (Å²) in [6, 6.07) is 0. The molecule has 0 aliphatic rings. The van der Waals surface area contributed by atoms with E-state index in [-0.39, 0.29) is 5.97 Å². The van der Waals surface area contributed by atoms with Crippen LogP contribution in [0.2, 0.25) is 0 Å². The smallest absolute Gasteiger partial charge is 0.305 e. The third-order valence-corrected chi connectivity index (χ3v) is 1.42. The van der Waals surface area contributed by atoms with Gasteiger partial charge in [0.2, 0.25) is 0 Å². The third kappa shape index (κ3) is 7.50. The third-order valence-electron chi connectivity index (χ3n) is 1.42. The molecule has 0 saturated carbocycles. The van der Waals surface area contributed by atoms with Gasteiger partial charge in [-0.05, 0) is 19.8 Å². The van der Waals surface area contributed by atoms with E-state index in [9.17, 15) is 4.79 Å². The van der Waals surface area contributed by atoms with E-state index in [2.05, 4.69) is 4.89 Å². The zero-order valence-corrected chi connectivity index (χ0v) is 7.41. The SMILES string of the molecule is CCOC(=O)CCCCCOO.